The van der Waals surface area contributed by atoms with Crippen LogP contribution in [0.1, 0.15) is 74.9 Å². The van der Waals surface area contributed by atoms with Gasteiger partial charge in [0.05, 0.1) is 18.9 Å². The molecule has 1 aromatic heterocycles. The number of fused-ring (bicyclic) bond motifs is 1. The van der Waals surface area contributed by atoms with E-state index in [0.717, 1.165) is 63.6 Å². The van der Waals surface area contributed by atoms with Crippen molar-refractivity contribution in [2.45, 2.75) is 76.7 Å². The summed E-state index contributed by atoms with van der Waals surface area (Å²) in [6, 6.07) is 0.298. The zero-order valence-corrected chi connectivity index (χ0v) is 16.5. The highest BCUT2D eigenvalue weighted by molar-refractivity contribution is 5.75. The number of amides is 1. The zero-order valence-electron chi connectivity index (χ0n) is 16.5. The lowest BCUT2D eigenvalue weighted by Crippen LogP contribution is -2.45. The van der Waals surface area contributed by atoms with E-state index in [-0.39, 0.29) is 5.91 Å². The van der Waals surface area contributed by atoms with Crippen molar-refractivity contribution in [1.29, 1.82) is 0 Å². The molecule has 1 saturated heterocycles. The van der Waals surface area contributed by atoms with Crippen LogP contribution < -0.4 is 10.2 Å². The Morgan fingerprint density at radius 3 is 2.59 bits per heavy atom. The van der Waals surface area contributed by atoms with Gasteiger partial charge in [0.25, 0.3) is 0 Å². The van der Waals surface area contributed by atoms with Crippen molar-refractivity contribution in [3.63, 3.8) is 0 Å². The lowest BCUT2D eigenvalue weighted by molar-refractivity contribution is -0.121. The van der Waals surface area contributed by atoms with Gasteiger partial charge in [-0.2, -0.15) is 0 Å². The number of nitrogens with one attached hydrogen (secondary N) is 1. The van der Waals surface area contributed by atoms with Crippen molar-refractivity contribution in [1.82, 2.24) is 15.3 Å². The molecule has 1 N–H and O–H groups in total. The highest BCUT2D eigenvalue weighted by Gasteiger charge is 2.28. The Morgan fingerprint density at radius 1 is 1.11 bits per heavy atom. The molecule has 6 nitrogen and oxygen atoms in total. The Morgan fingerprint density at radius 2 is 1.85 bits per heavy atom. The summed E-state index contributed by atoms with van der Waals surface area (Å²) in [5, 5.41) is 3.15. The van der Waals surface area contributed by atoms with E-state index in [9.17, 15) is 4.79 Å². The first kappa shape index (κ1) is 18.7. The number of carbonyl (C=O) groups excluding carboxylic acids is 1. The molecule has 1 amide bonds. The Kier molecular flexibility index (Phi) is 5.91. The first-order chi connectivity index (χ1) is 13.2. The maximum absolute atomic E-state index is 11.7. The topological polar surface area (TPSA) is 67.4 Å². The lowest BCUT2D eigenvalue weighted by atomic mass is 10.0. The minimum absolute atomic E-state index is 0.157. The Labute approximate surface area is 162 Å². The van der Waals surface area contributed by atoms with Gasteiger partial charge in [-0.25, -0.2) is 9.97 Å². The average Bonchev–Trinajstić information content (AvgIpc) is 3.13. The molecule has 3 aliphatic rings. The molecule has 2 aliphatic heterocycles. The third-order valence-electron chi connectivity index (χ3n) is 6.27. The third-order valence-corrected chi connectivity index (χ3v) is 6.27. The van der Waals surface area contributed by atoms with Crippen LogP contribution in [-0.2, 0) is 22.4 Å². The number of aromatic nitrogens is 2. The normalized spacial score (nSPS) is 21.7. The van der Waals surface area contributed by atoms with Gasteiger partial charge in [0, 0.05) is 49.9 Å². The van der Waals surface area contributed by atoms with Gasteiger partial charge in [0.1, 0.15) is 11.6 Å². The molecule has 0 spiro atoms. The van der Waals surface area contributed by atoms with Gasteiger partial charge in [0.2, 0.25) is 5.91 Å². The van der Waals surface area contributed by atoms with Gasteiger partial charge in [-0.15, -0.1) is 0 Å². The quantitative estimate of drug-likeness (QED) is 0.880. The van der Waals surface area contributed by atoms with Gasteiger partial charge >= 0.3 is 0 Å². The van der Waals surface area contributed by atoms with Crippen LogP contribution in [0.2, 0.25) is 0 Å². The van der Waals surface area contributed by atoms with Crippen LogP contribution in [0, 0.1) is 0 Å². The number of nitrogens with zero attached hydrogens (tertiary/aromatic N) is 3. The highest BCUT2D eigenvalue weighted by atomic mass is 16.5. The van der Waals surface area contributed by atoms with E-state index in [4.69, 9.17) is 14.7 Å². The van der Waals surface area contributed by atoms with Crippen molar-refractivity contribution in [3.05, 3.63) is 17.1 Å². The predicted molar refractivity (Wildman–Crippen MR) is 105 cm³/mol. The van der Waals surface area contributed by atoms with E-state index in [1.165, 1.54) is 36.9 Å². The van der Waals surface area contributed by atoms with Crippen LogP contribution in [0.15, 0.2) is 0 Å². The zero-order chi connectivity index (χ0) is 18.6. The van der Waals surface area contributed by atoms with Gasteiger partial charge in [0.15, 0.2) is 0 Å². The summed E-state index contributed by atoms with van der Waals surface area (Å²) >= 11 is 0. The minimum Gasteiger partial charge on any atom is -0.381 e. The van der Waals surface area contributed by atoms with E-state index < -0.39 is 0 Å². The summed E-state index contributed by atoms with van der Waals surface area (Å²) in [5.41, 5.74) is 2.51. The molecule has 2 fully saturated rings. The summed E-state index contributed by atoms with van der Waals surface area (Å²) < 4.78 is 5.72. The second kappa shape index (κ2) is 8.55. The number of anilines is 1. The van der Waals surface area contributed by atoms with Crippen LogP contribution in [-0.4, -0.2) is 48.2 Å². The van der Waals surface area contributed by atoms with Crippen molar-refractivity contribution in [2.75, 3.05) is 31.2 Å². The van der Waals surface area contributed by atoms with E-state index in [0.29, 0.717) is 18.4 Å². The maximum atomic E-state index is 11.7. The van der Waals surface area contributed by atoms with Crippen LogP contribution in [0.4, 0.5) is 5.82 Å². The summed E-state index contributed by atoms with van der Waals surface area (Å²) in [6.45, 7) is 5.33. The van der Waals surface area contributed by atoms with Crippen molar-refractivity contribution >= 4 is 11.7 Å². The first-order valence-electron chi connectivity index (χ1n) is 10.8. The number of hydrogen-bond acceptors (Lipinski definition) is 5. The van der Waals surface area contributed by atoms with E-state index in [2.05, 4.69) is 10.2 Å². The van der Waals surface area contributed by atoms with Crippen LogP contribution in [0.3, 0.4) is 0 Å². The average molecular weight is 373 g/mol. The second-order valence-corrected chi connectivity index (χ2v) is 8.11. The maximum Gasteiger partial charge on any atom is 0.219 e. The fourth-order valence-corrected chi connectivity index (χ4v) is 4.64. The van der Waals surface area contributed by atoms with Gasteiger partial charge in [-0.1, -0.05) is 19.8 Å². The molecule has 1 saturated carbocycles. The molecule has 0 bridgehead atoms. The molecule has 1 aliphatic carbocycles. The fraction of sp³-hybridized carbons (Fsp3) is 0.762. The van der Waals surface area contributed by atoms with E-state index >= 15 is 0 Å². The third kappa shape index (κ3) is 4.26. The largest absolute Gasteiger partial charge is 0.381 e. The molecule has 6 heteroatoms. The van der Waals surface area contributed by atoms with Crippen LogP contribution >= 0.6 is 0 Å². The van der Waals surface area contributed by atoms with E-state index in [1.54, 1.807) is 0 Å². The summed E-state index contributed by atoms with van der Waals surface area (Å²) in [7, 11) is 0. The summed E-state index contributed by atoms with van der Waals surface area (Å²) in [6.07, 6.45) is 9.37. The fourth-order valence-electron chi connectivity index (χ4n) is 4.64. The Balaban J connectivity index is 1.55. The summed E-state index contributed by atoms with van der Waals surface area (Å²) in [5.74, 6) is 2.89. The van der Waals surface area contributed by atoms with E-state index in [1.807, 2.05) is 6.92 Å². The number of ether oxygens (including phenoxy) is 1. The molecule has 1 aromatic rings. The first-order valence-corrected chi connectivity index (χ1v) is 10.8. The molecule has 0 unspecified atom stereocenters. The molecule has 0 atom stereocenters. The monoisotopic (exact) mass is 372 g/mol. The molecular weight excluding hydrogens is 340 g/mol. The molecular formula is C21H32N4O2. The highest BCUT2D eigenvalue weighted by Crippen LogP contribution is 2.35. The Bertz CT molecular complexity index is 664. The standard InChI is InChI=1S/C21H32N4O2/c1-2-19(26)22-16-7-11-25(12-8-16)21-17-9-13-27-14-10-18(17)23-20(24-21)15-5-3-4-6-15/h15-16H,2-14H2,1H3,(H,22,26). The van der Waals surface area contributed by atoms with Gasteiger partial charge < -0.3 is 15.0 Å². The number of hydrogen-bond donors (Lipinski definition) is 1. The second-order valence-electron chi connectivity index (χ2n) is 8.11. The smallest absolute Gasteiger partial charge is 0.219 e. The van der Waals surface area contributed by atoms with Gasteiger partial charge in [-0.05, 0) is 25.7 Å². The Hall–Kier alpha value is -1.69. The lowest BCUT2D eigenvalue weighted by Gasteiger charge is -2.34. The molecule has 0 radical (unpaired) electrons. The van der Waals surface area contributed by atoms with Crippen molar-refractivity contribution in [2.24, 2.45) is 0 Å². The number of rotatable bonds is 4. The van der Waals surface area contributed by atoms with Crippen LogP contribution in [0.5, 0.6) is 0 Å². The number of piperidine rings is 1. The molecule has 0 aromatic carbocycles. The van der Waals surface area contributed by atoms with Crippen LogP contribution in [0.25, 0.3) is 0 Å². The number of carbonyl (C=O) groups is 1. The minimum atomic E-state index is 0.157. The SMILES string of the molecule is CCC(=O)NC1CCN(c2nc(C3CCCC3)nc3c2CCOCC3)CC1. The van der Waals surface area contributed by atoms with Crippen molar-refractivity contribution in [3.8, 4) is 0 Å². The van der Waals surface area contributed by atoms with Gasteiger partial charge in [-0.3, -0.25) is 4.79 Å². The van der Waals surface area contributed by atoms with Crippen molar-refractivity contribution < 1.29 is 9.53 Å². The molecule has 4 rings (SSSR count). The predicted octanol–water partition coefficient (Wildman–Crippen LogP) is 2.74. The molecule has 27 heavy (non-hydrogen) atoms. The molecule has 3 heterocycles. The molecule has 148 valence electrons. The summed E-state index contributed by atoms with van der Waals surface area (Å²) in [4.78, 5) is 24.2.